The Hall–Kier alpha value is -0.0700. The average molecular weight is 349 g/mol. The van der Waals surface area contributed by atoms with Crippen LogP contribution in [0.1, 0.15) is 13.8 Å². The highest BCUT2D eigenvalue weighted by Crippen LogP contribution is 2.29. The minimum atomic E-state index is -3.95. The second kappa shape index (κ2) is 6.59. The van der Waals surface area contributed by atoms with Crippen molar-refractivity contribution in [2.75, 3.05) is 5.88 Å². The number of benzene rings is 1. The molecule has 0 amide bonds. The molecule has 1 aromatic rings. The normalized spacial score (nSPS) is 13.8. The van der Waals surface area contributed by atoms with Gasteiger partial charge in [0.15, 0.2) is 5.82 Å². The van der Waals surface area contributed by atoms with Crippen LogP contribution in [-0.4, -0.2) is 20.3 Å². The molecule has 3 nitrogen and oxygen atoms in total. The minimum Gasteiger partial charge on any atom is -0.207 e. The topological polar surface area (TPSA) is 46.2 Å². The Morgan fingerprint density at radius 1 is 1.32 bits per heavy atom. The van der Waals surface area contributed by atoms with Crippen LogP contribution < -0.4 is 4.72 Å². The van der Waals surface area contributed by atoms with E-state index >= 15 is 0 Å². The Bertz CT molecular complexity index is 563. The summed E-state index contributed by atoms with van der Waals surface area (Å²) in [6.45, 7) is 3.64. The van der Waals surface area contributed by atoms with Crippen LogP contribution in [0.5, 0.6) is 0 Å². The highest BCUT2D eigenvalue weighted by Gasteiger charge is 2.26. The number of alkyl halides is 1. The summed E-state index contributed by atoms with van der Waals surface area (Å²) in [4.78, 5) is -0.355. The fourth-order valence-electron chi connectivity index (χ4n) is 1.32. The smallest absolute Gasteiger partial charge is 0.207 e. The number of halogens is 4. The molecule has 0 aliphatic heterocycles. The second-order valence-corrected chi connectivity index (χ2v) is 7.08. The summed E-state index contributed by atoms with van der Waals surface area (Å²) in [6.07, 6.45) is 0. The van der Waals surface area contributed by atoms with Gasteiger partial charge in [-0.1, -0.05) is 37.0 Å². The fourth-order valence-corrected chi connectivity index (χ4v) is 3.98. The van der Waals surface area contributed by atoms with Crippen LogP contribution in [0, 0.1) is 11.7 Å². The summed E-state index contributed by atoms with van der Waals surface area (Å²) in [7, 11) is -3.95. The molecule has 0 saturated heterocycles. The molecule has 1 aromatic carbocycles. The lowest BCUT2D eigenvalue weighted by molar-refractivity contribution is 0.480. The first kappa shape index (κ1) is 17.0. The predicted octanol–water partition coefficient (Wildman–Crippen LogP) is 3.67. The Labute approximate surface area is 127 Å². The van der Waals surface area contributed by atoms with Crippen molar-refractivity contribution in [3.63, 3.8) is 0 Å². The van der Waals surface area contributed by atoms with Gasteiger partial charge in [-0.3, -0.25) is 0 Å². The zero-order valence-electron chi connectivity index (χ0n) is 10.3. The van der Waals surface area contributed by atoms with Crippen LogP contribution in [0.2, 0.25) is 10.0 Å². The summed E-state index contributed by atoms with van der Waals surface area (Å²) in [5.74, 6) is -0.869. The fraction of sp³-hybridized carbons (Fsp3) is 0.455. The molecule has 0 aliphatic rings. The maximum atomic E-state index is 13.5. The summed E-state index contributed by atoms with van der Waals surface area (Å²) in [5.41, 5.74) is 0. The Morgan fingerprint density at radius 2 is 1.89 bits per heavy atom. The van der Waals surface area contributed by atoms with E-state index < -0.39 is 26.9 Å². The first-order valence-corrected chi connectivity index (χ1v) is 8.20. The summed E-state index contributed by atoms with van der Waals surface area (Å²) >= 11 is 16.9. The zero-order valence-corrected chi connectivity index (χ0v) is 13.3. The molecular weight excluding hydrogens is 336 g/mol. The molecule has 1 N–H and O–H groups in total. The molecule has 108 valence electrons. The van der Waals surface area contributed by atoms with Crippen molar-refractivity contribution in [3.8, 4) is 0 Å². The number of sulfonamides is 1. The van der Waals surface area contributed by atoms with Gasteiger partial charge in [0, 0.05) is 11.9 Å². The van der Waals surface area contributed by atoms with Crippen LogP contribution in [0.4, 0.5) is 4.39 Å². The van der Waals surface area contributed by atoms with Gasteiger partial charge in [-0.25, -0.2) is 17.5 Å². The molecule has 0 fully saturated rings. The standard InChI is InChI=1S/C11H13Cl3FNO2S/c1-6(2)8(5-12)16-19(17,18)9-4-3-7(13)11(15)10(9)14/h3-4,6,8,16H,5H2,1-2H3. The second-order valence-electron chi connectivity index (χ2n) is 4.30. The molecule has 0 aliphatic carbocycles. The van der Waals surface area contributed by atoms with Gasteiger partial charge in [0.25, 0.3) is 0 Å². The first-order chi connectivity index (χ1) is 8.70. The van der Waals surface area contributed by atoms with Gasteiger partial charge in [0.1, 0.15) is 4.90 Å². The SMILES string of the molecule is CC(C)C(CCl)NS(=O)(=O)c1ccc(Cl)c(F)c1Cl. The quantitative estimate of drug-likeness (QED) is 0.652. The van der Waals surface area contributed by atoms with E-state index in [9.17, 15) is 12.8 Å². The van der Waals surface area contributed by atoms with Crippen molar-refractivity contribution in [2.24, 2.45) is 5.92 Å². The Kier molecular flexibility index (Phi) is 5.89. The Morgan fingerprint density at radius 3 is 2.37 bits per heavy atom. The van der Waals surface area contributed by atoms with Gasteiger partial charge in [0.2, 0.25) is 10.0 Å². The van der Waals surface area contributed by atoms with E-state index in [2.05, 4.69) is 4.72 Å². The molecule has 1 atom stereocenters. The molecule has 1 rings (SSSR count). The van der Waals surface area contributed by atoms with Crippen LogP contribution in [0.3, 0.4) is 0 Å². The third kappa shape index (κ3) is 3.95. The zero-order chi connectivity index (χ0) is 14.8. The van der Waals surface area contributed by atoms with Crippen molar-refractivity contribution in [2.45, 2.75) is 24.8 Å². The maximum Gasteiger partial charge on any atom is 0.242 e. The molecule has 0 bridgehead atoms. The first-order valence-electron chi connectivity index (χ1n) is 5.42. The molecule has 0 spiro atoms. The summed E-state index contributed by atoms with van der Waals surface area (Å²) < 4.78 is 40.2. The molecule has 0 heterocycles. The highest BCUT2D eigenvalue weighted by atomic mass is 35.5. The van der Waals surface area contributed by atoms with E-state index in [-0.39, 0.29) is 21.7 Å². The van der Waals surface area contributed by atoms with Crippen molar-refractivity contribution in [1.82, 2.24) is 4.72 Å². The van der Waals surface area contributed by atoms with Crippen molar-refractivity contribution >= 4 is 44.8 Å². The van der Waals surface area contributed by atoms with Crippen molar-refractivity contribution in [1.29, 1.82) is 0 Å². The van der Waals surface area contributed by atoms with Gasteiger partial charge in [0.05, 0.1) is 10.0 Å². The van der Waals surface area contributed by atoms with Crippen molar-refractivity contribution < 1.29 is 12.8 Å². The molecule has 0 radical (unpaired) electrons. The van der Waals surface area contributed by atoms with Crippen LogP contribution in [0.15, 0.2) is 17.0 Å². The van der Waals surface area contributed by atoms with Gasteiger partial charge in [-0.05, 0) is 18.1 Å². The molecule has 0 aromatic heterocycles. The van der Waals surface area contributed by atoms with E-state index in [4.69, 9.17) is 34.8 Å². The van der Waals surface area contributed by atoms with Crippen LogP contribution in [-0.2, 0) is 10.0 Å². The molecule has 8 heteroatoms. The molecule has 1 unspecified atom stereocenters. The lowest BCUT2D eigenvalue weighted by Crippen LogP contribution is -2.39. The number of hydrogen-bond acceptors (Lipinski definition) is 2. The Balaban J connectivity index is 3.18. The third-order valence-corrected chi connectivity index (χ3v) is 5.21. The van der Waals surface area contributed by atoms with E-state index in [1.165, 1.54) is 0 Å². The largest absolute Gasteiger partial charge is 0.242 e. The van der Waals surface area contributed by atoms with E-state index in [1.54, 1.807) is 0 Å². The molecular formula is C11H13Cl3FNO2S. The minimum absolute atomic E-state index is 0.0109. The lowest BCUT2D eigenvalue weighted by atomic mass is 10.1. The molecule has 0 saturated carbocycles. The van der Waals surface area contributed by atoms with Gasteiger partial charge in [-0.15, -0.1) is 11.6 Å². The van der Waals surface area contributed by atoms with Crippen LogP contribution >= 0.6 is 34.8 Å². The predicted molar refractivity (Wildman–Crippen MR) is 76.1 cm³/mol. The maximum absolute atomic E-state index is 13.5. The molecule has 19 heavy (non-hydrogen) atoms. The lowest BCUT2D eigenvalue weighted by Gasteiger charge is -2.20. The summed E-state index contributed by atoms with van der Waals surface area (Å²) in [5, 5.41) is -0.765. The van der Waals surface area contributed by atoms with E-state index in [1.807, 2.05) is 13.8 Å². The van der Waals surface area contributed by atoms with E-state index in [0.717, 1.165) is 12.1 Å². The highest BCUT2D eigenvalue weighted by molar-refractivity contribution is 7.89. The van der Waals surface area contributed by atoms with Gasteiger partial charge >= 0.3 is 0 Å². The summed E-state index contributed by atoms with van der Waals surface area (Å²) in [6, 6.07) is 1.82. The van der Waals surface area contributed by atoms with Crippen molar-refractivity contribution in [3.05, 3.63) is 28.0 Å². The average Bonchev–Trinajstić information content (AvgIpc) is 2.32. The van der Waals surface area contributed by atoms with Crippen LogP contribution in [0.25, 0.3) is 0 Å². The van der Waals surface area contributed by atoms with Gasteiger partial charge < -0.3 is 0 Å². The monoisotopic (exact) mass is 347 g/mol. The number of hydrogen-bond donors (Lipinski definition) is 1. The third-order valence-electron chi connectivity index (χ3n) is 2.57. The van der Waals surface area contributed by atoms with Gasteiger partial charge in [-0.2, -0.15) is 0 Å². The number of rotatable bonds is 5. The number of nitrogens with one attached hydrogen (secondary N) is 1. The van der Waals surface area contributed by atoms with E-state index in [0.29, 0.717) is 0 Å².